The van der Waals surface area contributed by atoms with Crippen molar-refractivity contribution in [3.05, 3.63) is 52.9 Å². The molecule has 0 aliphatic rings. The molecule has 2 rings (SSSR count). The van der Waals surface area contributed by atoms with Crippen LogP contribution < -0.4 is 11.3 Å². The maximum atomic E-state index is 13.7. The Hall–Kier alpha value is -1.79. The zero-order valence-electron chi connectivity index (χ0n) is 10.1. The molecule has 0 saturated carbocycles. The van der Waals surface area contributed by atoms with E-state index in [1.54, 1.807) is 24.9 Å². The molecule has 1 unspecified atom stereocenters. The Balaban J connectivity index is 2.51. The molecule has 1 aromatic carbocycles. The van der Waals surface area contributed by atoms with Gasteiger partial charge in [-0.25, -0.2) is 14.2 Å². The molecule has 0 saturated heterocycles. The summed E-state index contributed by atoms with van der Waals surface area (Å²) in [6, 6.07) is 2.66. The van der Waals surface area contributed by atoms with E-state index in [4.69, 9.17) is 5.84 Å². The Labute approximate surface area is 103 Å². The van der Waals surface area contributed by atoms with E-state index in [1.165, 1.54) is 0 Å². The lowest BCUT2D eigenvalue weighted by atomic mass is 9.99. The Kier molecular flexibility index (Phi) is 3.40. The maximum absolute atomic E-state index is 13.7. The van der Waals surface area contributed by atoms with Gasteiger partial charge in [0.1, 0.15) is 11.6 Å². The van der Waals surface area contributed by atoms with Crippen LogP contribution in [0.2, 0.25) is 0 Å². The fourth-order valence-electron chi connectivity index (χ4n) is 1.98. The highest BCUT2D eigenvalue weighted by molar-refractivity contribution is 5.33. The number of nitrogens with one attached hydrogen (secondary N) is 1. The minimum absolute atomic E-state index is 0.161. The number of hydrogen-bond acceptors (Lipinski definition) is 3. The van der Waals surface area contributed by atoms with Gasteiger partial charge in [0.15, 0.2) is 0 Å². The molecule has 0 fully saturated rings. The van der Waals surface area contributed by atoms with E-state index in [0.717, 1.165) is 18.2 Å². The normalized spacial score (nSPS) is 12.7. The van der Waals surface area contributed by atoms with E-state index in [1.807, 2.05) is 0 Å². The summed E-state index contributed by atoms with van der Waals surface area (Å²) < 4.78 is 28.6. The van der Waals surface area contributed by atoms with Crippen LogP contribution in [0.25, 0.3) is 0 Å². The molecule has 96 valence electrons. The van der Waals surface area contributed by atoms with Crippen LogP contribution in [0, 0.1) is 18.6 Å². The molecule has 0 aliphatic heterocycles. The van der Waals surface area contributed by atoms with Crippen LogP contribution in [0.3, 0.4) is 0 Å². The third-order valence-electron chi connectivity index (χ3n) is 2.80. The maximum Gasteiger partial charge on any atom is 0.128 e. The molecule has 1 heterocycles. The SMILES string of the molecule is Cc1nn(C)cc1C(NN)c1cc(F)ccc1F. The van der Waals surface area contributed by atoms with Gasteiger partial charge in [0, 0.05) is 24.4 Å². The van der Waals surface area contributed by atoms with Crippen LogP contribution >= 0.6 is 0 Å². The van der Waals surface area contributed by atoms with Gasteiger partial charge in [-0.1, -0.05) is 0 Å². The van der Waals surface area contributed by atoms with Gasteiger partial charge >= 0.3 is 0 Å². The van der Waals surface area contributed by atoms with Crippen molar-refractivity contribution in [3.8, 4) is 0 Å². The predicted molar refractivity (Wildman–Crippen MR) is 63.5 cm³/mol. The number of benzene rings is 1. The predicted octanol–water partition coefficient (Wildman–Crippen LogP) is 1.56. The summed E-state index contributed by atoms with van der Waals surface area (Å²) in [6.07, 6.45) is 1.73. The highest BCUT2D eigenvalue weighted by Crippen LogP contribution is 2.26. The van der Waals surface area contributed by atoms with Crippen LogP contribution in [-0.4, -0.2) is 9.78 Å². The molecule has 1 aromatic heterocycles. The molecule has 0 radical (unpaired) electrons. The Morgan fingerprint density at radius 1 is 1.33 bits per heavy atom. The number of hydrazine groups is 1. The van der Waals surface area contributed by atoms with Crippen LogP contribution in [-0.2, 0) is 7.05 Å². The number of hydrogen-bond donors (Lipinski definition) is 2. The summed E-state index contributed by atoms with van der Waals surface area (Å²) in [6.45, 7) is 1.79. The van der Waals surface area contributed by atoms with Gasteiger partial charge in [-0.3, -0.25) is 10.5 Å². The van der Waals surface area contributed by atoms with Crippen molar-refractivity contribution in [2.75, 3.05) is 0 Å². The number of halogens is 2. The zero-order chi connectivity index (χ0) is 13.3. The monoisotopic (exact) mass is 252 g/mol. The largest absolute Gasteiger partial charge is 0.275 e. The lowest BCUT2D eigenvalue weighted by molar-refractivity contribution is 0.544. The van der Waals surface area contributed by atoms with Gasteiger partial charge in [-0.15, -0.1) is 0 Å². The van der Waals surface area contributed by atoms with Gasteiger partial charge in [0.25, 0.3) is 0 Å². The third-order valence-corrected chi connectivity index (χ3v) is 2.80. The molecule has 18 heavy (non-hydrogen) atoms. The Morgan fingerprint density at radius 3 is 2.61 bits per heavy atom. The van der Waals surface area contributed by atoms with Crippen molar-refractivity contribution in [2.45, 2.75) is 13.0 Å². The van der Waals surface area contributed by atoms with E-state index in [0.29, 0.717) is 11.3 Å². The number of rotatable bonds is 3. The molecule has 0 bridgehead atoms. The van der Waals surface area contributed by atoms with Crippen molar-refractivity contribution < 1.29 is 8.78 Å². The second-order valence-electron chi connectivity index (χ2n) is 4.11. The lowest BCUT2D eigenvalue weighted by Crippen LogP contribution is -2.29. The summed E-state index contributed by atoms with van der Waals surface area (Å²) in [4.78, 5) is 0. The van der Waals surface area contributed by atoms with Crippen LogP contribution in [0.15, 0.2) is 24.4 Å². The van der Waals surface area contributed by atoms with Gasteiger partial charge in [-0.2, -0.15) is 5.10 Å². The molecule has 1 atom stereocenters. The topological polar surface area (TPSA) is 55.9 Å². The van der Waals surface area contributed by atoms with Crippen molar-refractivity contribution in [1.82, 2.24) is 15.2 Å². The van der Waals surface area contributed by atoms with Gasteiger partial charge in [0.05, 0.1) is 11.7 Å². The zero-order valence-corrected chi connectivity index (χ0v) is 10.1. The lowest BCUT2D eigenvalue weighted by Gasteiger charge is -2.16. The average molecular weight is 252 g/mol. The second-order valence-corrected chi connectivity index (χ2v) is 4.11. The van der Waals surface area contributed by atoms with Gasteiger partial charge in [0.2, 0.25) is 0 Å². The van der Waals surface area contributed by atoms with E-state index in [-0.39, 0.29) is 5.56 Å². The minimum Gasteiger partial charge on any atom is -0.275 e. The van der Waals surface area contributed by atoms with Crippen molar-refractivity contribution in [2.24, 2.45) is 12.9 Å². The van der Waals surface area contributed by atoms with Crippen LogP contribution in [0.4, 0.5) is 8.78 Å². The first kappa shape index (κ1) is 12.7. The molecular formula is C12H14F2N4. The van der Waals surface area contributed by atoms with Crippen molar-refractivity contribution in [3.63, 3.8) is 0 Å². The first-order valence-corrected chi connectivity index (χ1v) is 5.44. The number of aromatic nitrogens is 2. The van der Waals surface area contributed by atoms with Gasteiger partial charge < -0.3 is 0 Å². The fraction of sp³-hybridized carbons (Fsp3) is 0.250. The number of aryl methyl sites for hydroxylation is 2. The molecular weight excluding hydrogens is 238 g/mol. The minimum atomic E-state index is -0.630. The highest BCUT2D eigenvalue weighted by Gasteiger charge is 2.21. The Morgan fingerprint density at radius 2 is 2.06 bits per heavy atom. The van der Waals surface area contributed by atoms with Crippen LogP contribution in [0.5, 0.6) is 0 Å². The smallest absolute Gasteiger partial charge is 0.128 e. The standard InChI is InChI=1S/C12H14F2N4/c1-7-10(6-18(2)17-7)12(16-15)9-5-8(13)3-4-11(9)14/h3-6,12,16H,15H2,1-2H3. The summed E-state index contributed by atoms with van der Waals surface area (Å²) >= 11 is 0. The number of nitrogens with zero attached hydrogens (tertiary/aromatic N) is 2. The second kappa shape index (κ2) is 4.83. The third kappa shape index (κ3) is 2.25. The Bertz CT molecular complexity index is 565. The molecule has 6 heteroatoms. The van der Waals surface area contributed by atoms with Gasteiger partial charge in [-0.05, 0) is 25.1 Å². The highest BCUT2D eigenvalue weighted by atomic mass is 19.1. The van der Waals surface area contributed by atoms with E-state index in [2.05, 4.69) is 10.5 Å². The van der Waals surface area contributed by atoms with Crippen molar-refractivity contribution >= 4 is 0 Å². The van der Waals surface area contributed by atoms with E-state index in [9.17, 15) is 8.78 Å². The summed E-state index contributed by atoms with van der Waals surface area (Å²) in [5.74, 6) is 4.44. The summed E-state index contributed by atoms with van der Waals surface area (Å²) in [7, 11) is 1.76. The molecule has 0 aliphatic carbocycles. The summed E-state index contributed by atoms with van der Waals surface area (Å²) in [5.41, 5.74) is 4.08. The summed E-state index contributed by atoms with van der Waals surface area (Å²) in [5, 5.41) is 4.16. The molecule has 4 nitrogen and oxygen atoms in total. The van der Waals surface area contributed by atoms with Crippen molar-refractivity contribution in [1.29, 1.82) is 0 Å². The average Bonchev–Trinajstić information content (AvgIpc) is 2.64. The van der Waals surface area contributed by atoms with E-state index >= 15 is 0 Å². The molecule has 0 amide bonds. The number of nitrogens with two attached hydrogens (primary N) is 1. The first-order valence-electron chi connectivity index (χ1n) is 5.44. The van der Waals surface area contributed by atoms with E-state index < -0.39 is 17.7 Å². The molecule has 3 N–H and O–H groups in total. The quantitative estimate of drug-likeness (QED) is 0.644. The first-order chi connectivity index (χ1) is 8.52. The molecule has 2 aromatic rings. The fourth-order valence-corrected chi connectivity index (χ4v) is 1.98. The van der Waals surface area contributed by atoms with Crippen LogP contribution in [0.1, 0.15) is 22.9 Å². The molecule has 0 spiro atoms.